The molecule has 1 aliphatic carbocycles. The van der Waals surface area contributed by atoms with Crippen molar-refractivity contribution < 1.29 is 19.1 Å². The monoisotopic (exact) mass is 324 g/mol. The van der Waals surface area contributed by atoms with Gasteiger partial charge < -0.3 is 24.9 Å². The predicted octanol–water partition coefficient (Wildman–Crippen LogP) is 2.38. The molecule has 6 nitrogen and oxygen atoms in total. The van der Waals surface area contributed by atoms with E-state index in [-0.39, 0.29) is 30.6 Å². The number of carbonyl (C=O) groups excluding carboxylic acids is 1. The van der Waals surface area contributed by atoms with E-state index in [9.17, 15) is 9.90 Å². The average Bonchev–Trinajstić information content (AvgIpc) is 3.04. The van der Waals surface area contributed by atoms with Gasteiger partial charge in [0.05, 0.1) is 6.61 Å². The summed E-state index contributed by atoms with van der Waals surface area (Å²) in [5.41, 5.74) is 0. The van der Waals surface area contributed by atoms with Crippen LogP contribution >= 0.6 is 0 Å². The van der Waals surface area contributed by atoms with Crippen molar-refractivity contribution >= 4 is 6.03 Å². The highest BCUT2D eigenvalue weighted by Crippen LogP contribution is 2.24. The lowest BCUT2D eigenvalue weighted by atomic mass is 9.85. The summed E-state index contributed by atoms with van der Waals surface area (Å²) in [4.78, 5) is 12.3. The summed E-state index contributed by atoms with van der Waals surface area (Å²) in [5, 5.41) is 15.3. The Morgan fingerprint density at radius 2 is 2.22 bits per heavy atom. The van der Waals surface area contributed by atoms with Crippen molar-refractivity contribution in [2.75, 3.05) is 20.3 Å². The zero-order valence-corrected chi connectivity index (χ0v) is 14.0. The van der Waals surface area contributed by atoms with Crippen LogP contribution in [0.15, 0.2) is 16.5 Å². The number of methoxy groups -OCH3 is 1. The number of rotatable bonds is 7. The first-order valence-electron chi connectivity index (χ1n) is 8.43. The third kappa shape index (κ3) is 4.97. The van der Waals surface area contributed by atoms with E-state index >= 15 is 0 Å². The molecule has 0 saturated heterocycles. The van der Waals surface area contributed by atoms with Gasteiger partial charge in [-0.25, -0.2) is 4.79 Å². The van der Waals surface area contributed by atoms with Crippen molar-refractivity contribution in [3.8, 4) is 0 Å². The fourth-order valence-electron chi connectivity index (χ4n) is 3.12. The summed E-state index contributed by atoms with van der Waals surface area (Å²) in [6.45, 7) is 2.48. The van der Waals surface area contributed by atoms with Gasteiger partial charge in [-0.05, 0) is 25.0 Å². The Balaban J connectivity index is 1.94. The Kier molecular flexibility index (Phi) is 6.92. The lowest BCUT2D eigenvalue weighted by molar-refractivity contribution is 0.143. The first-order chi connectivity index (χ1) is 11.2. The molecule has 2 amide bonds. The van der Waals surface area contributed by atoms with Gasteiger partial charge in [-0.15, -0.1) is 0 Å². The number of hydrogen-bond acceptors (Lipinski definition) is 4. The fourth-order valence-corrected chi connectivity index (χ4v) is 3.12. The summed E-state index contributed by atoms with van der Waals surface area (Å²) in [6, 6.07) is 3.25. The average molecular weight is 324 g/mol. The van der Waals surface area contributed by atoms with Gasteiger partial charge in [0.1, 0.15) is 17.6 Å². The van der Waals surface area contributed by atoms with Crippen LogP contribution in [0.5, 0.6) is 0 Å². The molecule has 0 spiro atoms. The number of aryl methyl sites for hydroxylation is 1. The molecule has 1 fully saturated rings. The van der Waals surface area contributed by atoms with Crippen LogP contribution in [0.25, 0.3) is 0 Å². The van der Waals surface area contributed by atoms with Crippen molar-refractivity contribution in [3.05, 3.63) is 23.7 Å². The molecule has 1 aliphatic rings. The Morgan fingerprint density at radius 1 is 1.43 bits per heavy atom. The number of urea groups is 1. The highest BCUT2D eigenvalue weighted by molar-refractivity contribution is 5.74. The van der Waals surface area contributed by atoms with Gasteiger partial charge in [-0.1, -0.05) is 19.8 Å². The zero-order valence-electron chi connectivity index (χ0n) is 14.0. The molecule has 3 atom stereocenters. The van der Waals surface area contributed by atoms with E-state index in [0.29, 0.717) is 12.4 Å². The van der Waals surface area contributed by atoms with Crippen molar-refractivity contribution in [1.82, 2.24) is 10.6 Å². The normalized spacial score (nSPS) is 22.6. The van der Waals surface area contributed by atoms with Crippen molar-refractivity contribution in [2.45, 2.75) is 51.1 Å². The molecule has 23 heavy (non-hydrogen) atoms. The Hall–Kier alpha value is -1.53. The maximum atomic E-state index is 12.3. The van der Waals surface area contributed by atoms with E-state index in [1.807, 2.05) is 19.1 Å². The van der Waals surface area contributed by atoms with Crippen molar-refractivity contribution in [3.63, 3.8) is 0 Å². The standard InChI is InChI=1S/C17H28N2O4/c1-3-13-8-9-16(23-13)15(11-22-2)19-17(21)18-14-7-5-4-6-12(14)10-20/h8-9,12,14-15,20H,3-7,10-11H2,1-2H3,(H2,18,19,21). The minimum absolute atomic E-state index is 0.0275. The van der Waals surface area contributed by atoms with Gasteiger partial charge in [0, 0.05) is 32.1 Å². The number of amides is 2. The number of hydrogen-bond donors (Lipinski definition) is 3. The zero-order chi connectivity index (χ0) is 16.7. The molecule has 3 N–H and O–H groups in total. The van der Waals surface area contributed by atoms with Crippen LogP contribution in [0.2, 0.25) is 0 Å². The SMILES string of the molecule is CCc1ccc(C(COC)NC(=O)NC2CCCCC2CO)o1. The third-order valence-corrected chi connectivity index (χ3v) is 4.47. The molecule has 3 unspecified atom stereocenters. The molecule has 1 saturated carbocycles. The maximum absolute atomic E-state index is 12.3. The second kappa shape index (κ2) is 8.93. The Labute approximate surface area is 137 Å². The fraction of sp³-hybridized carbons (Fsp3) is 0.706. The van der Waals surface area contributed by atoms with Crippen LogP contribution in [0, 0.1) is 5.92 Å². The quantitative estimate of drug-likeness (QED) is 0.719. The predicted molar refractivity (Wildman–Crippen MR) is 87.2 cm³/mol. The number of nitrogens with one attached hydrogen (secondary N) is 2. The molecule has 0 bridgehead atoms. The molecule has 2 rings (SSSR count). The lowest BCUT2D eigenvalue weighted by Crippen LogP contribution is -2.48. The second-order valence-corrected chi connectivity index (χ2v) is 6.12. The summed E-state index contributed by atoms with van der Waals surface area (Å²) in [5.74, 6) is 1.72. The lowest BCUT2D eigenvalue weighted by Gasteiger charge is -2.31. The Bertz CT molecular complexity index is 489. The minimum Gasteiger partial charge on any atom is -0.464 e. The van der Waals surface area contributed by atoms with Crippen LogP contribution in [-0.4, -0.2) is 37.5 Å². The van der Waals surface area contributed by atoms with Gasteiger partial charge in [-0.3, -0.25) is 0 Å². The number of carbonyl (C=O) groups is 1. The summed E-state index contributed by atoms with van der Waals surface area (Å²) in [7, 11) is 1.60. The number of ether oxygens (including phenoxy) is 1. The van der Waals surface area contributed by atoms with Crippen LogP contribution < -0.4 is 10.6 Å². The molecule has 1 aromatic heterocycles. The number of aliphatic hydroxyl groups is 1. The van der Waals surface area contributed by atoms with E-state index in [2.05, 4.69) is 10.6 Å². The minimum atomic E-state index is -0.323. The summed E-state index contributed by atoms with van der Waals surface area (Å²) >= 11 is 0. The van der Waals surface area contributed by atoms with Gasteiger partial charge >= 0.3 is 6.03 Å². The highest BCUT2D eigenvalue weighted by atomic mass is 16.5. The van der Waals surface area contributed by atoms with E-state index < -0.39 is 0 Å². The van der Waals surface area contributed by atoms with Gasteiger partial charge in [-0.2, -0.15) is 0 Å². The highest BCUT2D eigenvalue weighted by Gasteiger charge is 2.27. The van der Waals surface area contributed by atoms with E-state index in [1.165, 1.54) is 0 Å². The molecule has 0 aliphatic heterocycles. The van der Waals surface area contributed by atoms with Gasteiger partial charge in [0.2, 0.25) is 0 Å². The van der Waals surface area contributed by atoms with E-state index in [1.54, 1.807) is 7.11 Å². The molecular weight excluding hydrogens is 296 g/mol. The maximum Gasteiger partial charge on any atom is 0.315 e. The molecule has 130 valence electrons. The smallest absolute Gasteiger partial charge is 0.315 e. The molecule has 0 radical (unpaired) electrons. The molecule has 0 aromatic carbocycles. The topological polar surface area (TPSA) is 83.7 Å². The van der Waals surface area contributed by atoms with Crippen molar-refractivity contribution in [1.29, 1.82) is 0 Å². The largest absolute Gasteiger partial charge is 0.464 e. The Morgan fingerprint density at radius 3 is 2.87 bits per heavy atom. The van der Waals surface area contributed by atoms with Crippen LogP contribution in [-0.2, 0) is 11.2 Å². The van der Waals surface area contributed by atoms with Gasteiger partial charge in [0.15, 0.2) is 0 Å². The van der Waals surface area contributed by atoms with Crippen molar-refractivity contribution in [2.24, 2.45) is 5.92 Å². The summed E-state index contributed by atoms with van der Waals surface area (Å²) < 4.78 is 10.9. The third-order valence-electron chi connectivity index (χ3n) is 4.47. The molecular formula is C17H28N2O4. The molecule has 1 heterocycles. The van der Waals surface area contributed by atoms with Gasteiger partial charge in [0.25, 0.3) is 0 Å². The molecule has 1 aromatic rings. The van der Waals surface area contributed by atoms with Crippen LogP contribution in [0.3, 0.4) is 0 Å². The first kappa shape index (κ1) is 17.8. The number of furan rings is 1. The van der Waals surface area contributed by atoms with Crippen LogP contribution in [0.4, 0.5) is 4.79 Å². The van der Waals surface area contributed by atoms with Crippen LogP contribution in [0.1, 0.15) is 50.2 Å². The number of aliphatic hydroxyl groups excluding tert-OH is 1. The van der Waals surface area contributed by atoms with E-state index in [4.69, 9.17) is 9.15 Å². The first-order valence-corrected chi connectivity index (χ1v) is 8.43. The second-order valence-electron chi connectivity index (χ2n) is 6.12. The molecule has 6 heteroatoms. The summed E-state index contributed by atoms with van der Waals surface area (Å²) in [6.07, 6.45) is 4.88. The van der Waals surface area contributed by atoms with E-state index in [0.717, 1.165) is 37.9 Å².